The quantitative estimate of drug-likeness (QED) is 0.546. The molecule has 3 saturated carbocycles. The molecule has 0 aromatic carbocycles. The zero-order valence-corrected chi connectivity index (χ0v) is 19.7. The lowest BCUT2D eigenvalue weighted by molar-refractivity contribution is -0.173. The van der Waals surface area contributed by atoms with Gasteiger partial charge in [0.2, 0.25) is 0 Å². The summed E-state index contributed by atoms with van der Waals surface area (Å²) >= 11 is 0. The molecule has 10 atom stereocenters. The summed E-state index contributed by atoms with van der Waals surface area (Å²) < 4.78 is 0. The van der Waals surface area contributed by atoms with Crippen molar-refractivity contribution in [3.63, 3.8) is 0 Å². The lowest BCUT2D eigenvalue weighted by atomic mass is 9.45. The Morgan fingerprint density at radius 3 is 2.50 bits per heavy atom. The van der Waals surface area contributed by atoms with E-state index in [1.165, 1.54) is 19.3 Å². The molecule has 30 heavy (non-hydrogen) atoms. The fourth-order valence-electron chi connectivity index (χ4n) is 8.02. The van der Waals surface area contributed by atoms with Crippen LogP contribution in [0.5, 0.6) is 0 Å². The lowest BCUT2D eigenvalue weighted by Gasteiger charge is -2.60. The molecule has 0 bridgehead atoms. The van der Waals surface area contributed by atoms with E-state index in [1.54, 1.807) is 0 Å². The third-order valence-corrected chi connectivity index (χ3v) is 9.88. The Morgan fingerprint density at radius 1 is 1.10 bits per heavy atom. The molecular formula is C26H46O4. The Labute approximate surface area is 183 Å². The van der Waals surface area contributed by atoms with E-state index in [2.05, 4.69) is 27.7 Å². The van der Waals surface area contributed by atoms with Gasteiger partial charge < -0.3 is 15.3 Å². The topological polar surface area (TPSA) is 77.8 Å². The SMILES string of the molecule is CC[C@H]1[C@@H](O)[C@@H]2C(C)CCC([C@H](C)CCC(=O)O)CCC[C@@H]2[C@@]2(C)CC[C@@H](O)C[C@@H]12. The third-order valence-electron chi connectivity index (χ3n) is 9.88. The van der Waals surface area contributed by atoms with Crippen molar-refractivity contribution in [2.75, 3.05) is 0 Å². The minimum atomic E-state index is -0.684. The summed E-state index contributed by atoms with van der Waals surface area (Å²) in [7, 11) is 0. The van der Waals surface area contributed by atoms with Crippen LogP contribution in [0.4, 0.5) is 0 Å². The first-order valence-electron chi connectivity index (χ1n) is 12.8. The molecule has 0 aliphatic heterocycles. The van der Waals surface area contributed by atoms with Gasteiger partial charge in [0.05, 0.1) is 12.2 Å². The maximum absolute atomic E-state index is 11.6. The van der Waals surface area contributed by atoms with Crippen LogP contribution < -0.4 is 0 Å². The van der Waals surface area contributed by atoms with Gasteiger partial charge in [0.15, 0.2) is 0 Å². The Balaban J connectivity index is 1.81. The summed E-state index contributed by atoms with van der Waals surface area (Å²) in [5.41, 5.74) is 0.229. The van der Waals surface area contributed by atoms with Gasteiger partial charge in [-0.2, -0.15) is 0 Å². The zero-order valence-electron chi connectivity index (χ0n) is 19.7. The number of aliphatic carboxylic acids is 1. The van der Waals surface area contributed by atoms with Gasteiger partial charge in [-0.05, 0) is 85.4 Å². The number of hydrogen-bond donors (Lipinski definition) is 3. The Morgan fingerprint density at radius 2 is 1.83 bits per heavy atom. The van der Waals surface area contributed by atoms with Crippen LogP contribution in [0.15, 0.2) is 0 Å². The summed E-state index contributed by atoms with van der Waals surface area (Å²) in [5.74, 6) is 2.50. The minimum absolute atomic E-state index is 0.200. The highest BCUT2D eigenvalue weighted by molar-refractivity contribution is 5.66. The zero-order chi connectivity index (χ0) is 22.1. The molecule has 3 aliphatic rings. The number of carbonyl (C=O) groups is 1. The maximum Gasteiger partial charge on any atom is 0.303 e. The molecule has 0 radical (unpaired) electrons. The van der Waals surface area contributed by atoms with Crippen molar-refractivity contribution in [2.24, 2.45) is 46.8 Å². The first-order valence-corrected chi connectivity index (χ1v) is 12.8. The molecule has 174 valence electrons. The fourth-order valence-corrected chi connectivity index (χ4v) is 8.02. The van der Waals surface area contributed by atoms with E-state index in [1.807, 2.05) is 0 Å². The predicted octanol–water partition coefficient (Wildman–Crippen LogP) is 5.50. The van der Waals surface area contributed by atoms with Crippen molar-refractivity contribution < 1.29 is 20.1 Å². The van der Waals surface area contributed by atoms with E-state index >= 15 is 0 Å². The summed E-state index contributed by atoms with van der Waals surface area (Å²) in [4.78, 5) is 11.0. The molecule has 3 rings (SSSR count). The van der Waals surface area contributed by atoms with Crippen molar-refractivity contribution in [3.8, 4) is 0 Å². The molecular weight excluding hydrogens is 376 g/mol. The maximum atomic E-state index is 11.6. The van der Waals surface area contributed by atoms with Crippen molar-refractivity contribution in [1.29, 1.82) is 0 Å². The van der Waals surface area contributed by atoms with Gasteiger partial charge >= 0.3 is 5.97 Å². The van der Waals surface area contributed by atoms with Crippen LogP contribution >= 0.6 is 0 Å². The molecule has 0 heterocycles. The number of hydrogen-bond acceptors (Lipinski definition) is 3. The average Bonchev–Trinajstić information content (AvgIpc) is 2.78. The standard InChI is InChI=1S/C26H46O4/c1-5-20-22-15-19(27)13-14-26(22,4)21-8-6-7-18(16(2)10-12-23(28)29)11-9-17(3)24(21)25(20)30/h16-22,24-25,27,30H,5-15H2,1-4H3,(H,28,29)/t16-,17?,18?,19-,20-,21+,22+,24-,25-,26-/m1/s1. The molecule has 4 nitrogen and oxygen atoms in total. The normalized spacial score (nSPS) is 45.9. The van der Waals surface area contributed by atoms with Gasteiger partial charge in [-0.25, -0.2) is 0 Å². The number of aliphatic hydroxyl groups excluding tert-OH is 2. The summed E-state index contributed by atoms with van der Waals surface area (Å²) in [5, 5.41) is 31.1. The van der Waals surface area contributed by atoms with Crippen LogP contribution in [0.1, 0.15) is 98.3 Å². The highest BCUT2D eigenvalue weighted by Gasteiger charge is 2.57. The summed E-state index contributed by atoms with van der Waals surface area (Å²) in [6.45, 7) is 9.30. The Kier molecular flexibility index (Phi) is 7.93. The second-order valence-corrected chi connectivity index (χ2v) is 11.4. The second kappa shape index (κ2) is 9.90. The number of rotatable bonds is 5. The summed E-state index contributed by atoms with van der Waals surface area (Å²) in [6, 6.07) is 0. The van der Waals surface area contributed by atoms with Crippen molar-refractivity contribution in [1.82, 2.24) is 0 Å². The van der Waals surface area contributed by atoms with Crippen molar-refractivity contribution >= 4 is 5.97 Å². The van der Waals surface area contributed by atoms with E-state index in [-0.39, 0.29) is 24.0 Å². The van der Waals surface area contributed by atoms with E-state index in [0.29, 0.717) is 41.4 Å². The number of fused-ring (bicyclic) bond motifs is 3. The third kappa shape index (κ3) is 4.75. The number of carboxylic acids is 1. The van der Waals surface area contributed by atoms with Crippen LogP contribution in [0, 0.1) is 46.8 Å². The monoisotopic (exact) mass is 422 g/mol. The van der Waals surface area contributed by atoms with Gasteiger partial charge in [0, 0.05) is 6.42 Å². The molecule has 3 N–H and O–H groups in total. The highest BCUT2D eigenvalue weighted by atomic mass is 16.4. The van der Waals surface area contributed by atoms with Gasteiger partial charge in [-0.3, -0.25) is 4.79 Å². The Hall–Kier alpha value is -0.610. The van der Waals surface area contributed by atoms with Crippen molar-refractivity contribution in [2.45, 2.75) is 111 Å². The molecule has 0 amide bonds. The first kappa shape index (κ1) is 24.0. The van der Waals surface area contributed by atoms with Gasteiger partial charge in [0.1, 0.15) is 0 Å². The molecule has 0 spiro atoms. The van der Waals surface area contributed by atoms with E-state index in [0.717, 1.165) is 44.9 Å². The van der Waals surface area contributed by atoms with Crippen molar-refractivity contribution in [3.05, 3.63) is 0 Å². The second-order valence-electron chi connectivity index (χ2n) is 11.4. The van der Waals surface area contributed by atoms with Crippen LogP contribution in [-0.2, 0) is 4.79 Å². The molecule has 3 aliphatic carbocycles. The van der Waals surface area contributed by atoms with E-state index in [9.17, 15) is 15.0 Å². The van der Waals surface area contributed by atoms with E-state index in [4.69, 9.17) is 5.11 Å². The first-order chi connectivity index (χ1) is 14.2. The minimum Gasteiger partial charge on any atom is -0.481 e. The van der Waals surface area contributed by atoms with Gasteiger partial charge in [-0.15, -0.1) is 0 Å². The lowest BCUT2D eigenvalue weighted by Crippen LogP contribution is -2.58. The molecule has 0 saturated heterocycles. The van der Waals surface area contributed by atoms with Crippen LogP contribution in [-0.4, -0.2) is 33.5 Å². The number of aliphatic hydroxyl groups is 2. The largest absolute Gasteiger partial charge is 0.481 e. The average molecular weight is 423 g/mol. The molecule has 3 fully saturated rings. The van der Waals surface area contributed by atoms with E-state index < -0.39 is 5.97 Å². The highest BCUT2D eigenvalue weighted by Crippen LogP contribution is 2.61. The molecule has 4 heteroatoms. The molecule has 0 aromatic rings. The van der Waals surface area contributed by atoms with Crippen LogP contribution in [0.3, 0.4) is 0 Å². The predicted molar refractivity (Wildman–Crippen MR) is 120 cm³/mol. The van der Waals surface area contributed by atoms with Gasteiger partial charge in [0.25, 0.3) is 0 Å². The van der Waals surface area contributed by atoms with Crippen LogP contribution in [0.2, 0.25) is 0 Å². The van der Waals surface area contributed by atoms with Gasteiger partial charge in [-0.1, -0.05) is 53.4 Å². The van der Waals surface area contributed by atoms with Crippen LogP contribution in [0.25, 0.3) is 0 Å². The summed E-state index contributed by atoms with van der Waals surface area (Å²) in [6.07, 6.45) is 10.3. The molecule has 2 unspecified atom stereocenters. The Bertz CT molecular complexity index is 577. The fraction of sp³-hybridized carbons (Fsp3) is 0.962. The molecule has 0 aromatic heterocycles. The number of carboxylic acid groups (broad SMARTS) is 1. The smallest absolute Gasteiger partial charge is 0.303 e.